The highest BCUT2D eigenvalue weighted by Crippen LogP contribution is 2.19. The number of hydrogen-bond acceptors (Lipinski definition) is 3. The second-order valence-corrected chi connectivity index (χ2v) is 6.34. The first kappa shape index (κ1) is 15.3. The lowest BCUT2D eigenvalue weighted by atomic mass is 9.98. The molecule has 2 saturated heterocycles. The monoisotopic (exact) mass is 281 g/mol. The minimum absolute atomic E-state index is 0.0147. The number of nitrogens with zero attached hydrogens (tertiary/aromatic N) is 1. The van der Waals surface area contributed by atoms with E-state index in [9.17, 15) is 9.59 Å². The van der Waals surface area contributed by atoms with Crippen molar-refractivity contribution in [3.8, 4) is 0 Å². The Morgan fingerprint density at radius 1 is 1.45 bits per heavy atom. The van der Waals surface area contributed by atoms with Gasteiger partial charge in [0.2, 0.25) is 11.8 Å². The van der Waals surface area contributed by atoms with Crippen LogP contribution in [0.15, 0.2) is 0 Å². The molecule has 2 unspecified atom stereocenters. The van der Waals surface area contributed by atoms with E-state index < -0.39 is 0 Å². The number of carbonyl (C=O) groups is 2. The van der Waals surface area contributed by atoms with E-state index in [0.29, 0.717) is 12.3 Å². The van der Waals surface area contributed by atoms with Gasteiger partial charge in [0.1, 0.15) is 6.04 Å². The number of carbonyl (C=O) groups excluding carboxylic acids is 2. The van der Waals surface area contributed by atoms with E-state index in [4.69, 9.17) is 0 Å². The number of amides is 2. The molecule has 20 heavy (non-hydrogen) atoms. The SMILES string of the molecule is CC(C)C(C(=O)NCC1CCCNC1)N1CCCC1=O. The fourth-order valence-electron chi connectivity index (χ4n) is 3.22. The zero-order valence-electron chi connectivity index (χ0n) is 12.7. The summed E-state index contributed by atoms with van der Waals surface area (Å²) >= 11 is 0. The molecule has 2 atom stereocenters. The minimum Gasteiger partial charge on any atom is -0.354 e. The van der Waals surface area contributed by atoms with Crippen LogP contribution in [0, 0.1) is 11.8 Å². The fraction of sp³-hybridized carbons (Fsp3) is 0.867. The lowest BCUT2D eigenvalue weighted by Gasteiger charge is -2.31. The van der Waals surface area contributed by atoms with E-state index in [-0.39, 0.29) is 23.8 Å². The lowest BCUT2D eigenvalue weighted by Crippen LogP contribution is -2.51. The molecule has 0 aromatic carbocycles. The average molecular weight is 281 g/mol. The van der Waals surface area contributed by atoms with Crippen LogP contribution in [0.4, 0.5) is 0 Å². The van der Waals surface area contributed by atoms with Gasteiger partial charge in [0, 0.05) is 19.5 Å². The summed E-state index contributed by atoms with van der Waals surface area (Å²) in [5, 5.41) is 6.42. The third-order valence-corrected chi connectivity index (χ3v) is 4.31. The second-order valence-electron chi connectivity index (χ2n) is 6.34. The van der Waals surface area contributed by atoms with Gasteiger partial charge in [0.05, 0.1) is 0 Å². The van der Waals surface area contributed by atoms with Gasteiger partial charge in [-0.3, -0.25) is 9.59 Å². The van der Waals surface area contributed by atoms with E-state index in [1.54, 1.807) is 4.90 Å². The van der Waals surface area contributed by atoms with Crippen molar-refractivity contribution >= 4 is 11.8 Å². The number of likely N-dealkylation sites (tertiary alicyclic amines) is 1. The van der Waals surface area contributed by atoms with E-state index in [1.807, 2.05) is 13.8 Å². The number of rotatable bonds is 5. The van der Waals surface area contributed by atoms with E-state index in [2.05, 4.69) is 10.6 Å². The van der Waals surface area contributed by atoms with E-state index in [0.717, 1.165) is 32.6 Å². The van der Waals surface area contributed by atoms with Gasteiger partial charge in [-0.15, -0.1) is 0 Å². The molecule has 0 saturated carbocycles. The quantitative estimate of drug-likeness (QED) is 0.782. The van der Waals surface area contributed by atoms with Crippen LogP contribution < -0.4 is 10.6 Å². The van der Waals surface area contributed by atoms with Gasteiger partial charge < -0.3 is 15.5 Å². The maximum atomic E-state index is 12.4. The number of nitrogens with one attached hydrogen (secondary N) is 2. The molecule has 114 valence electrons. The van der Waals surface area contributed by atoms with Gasteiger partial charge >= 0.3 is 0 Å². The van der Waals surface area contributed by atoms with Crippen LogP contribution in [-0.2, 0) is 9.59 Å². The minimum atomic E-state index is -0.304. The van der Waals surface area contributed by atoms with Crippen molar-refractivity contribution in [2.45, 2.75) is 45.6 Å². The van der Waals surface area contributed by atoms with Crippen molar-refractivity contribution in [3.05, 3.63) is 0 Å². The predicted octanol–water partition coefficient (Wildman–Crippen LogP) is 0.749. The molecule has 2 aliphatic rings. The highest BCUT2D eigenvalue weighted by atomic mass is 16.2. The van der Waals surface area contributed by atoms with Crippen LogP contribution in [0.2, 0.25) is 0 Å². The maximum Gasteiger partial charge on any atom is 0.243 e. The molecule has 2 rings (SSSR count). The lowest BCUT2D eigenvalue weighted by molar-refractivity contribution is -0.139. The van der Waals surface area contributed by atoms with E-state index >= 15 is 0 Å². The molecule has 0 aromatic heterocycles. The Morgan fingerprint density at radius 3 is 2.80 bits per heavy atom. The third kappa shape index (κ3) is 3.72. The summed E-state index contributed by atoms with van der Waals surface area (Å²) in [6.45, 7) is 7.53. The molecular formula is C15H27N3O2. The van der Waals surface area contributed by atoms with E-state index in [1.165, 1.54) is 12.8 Å². The van der Waals surface area contributed by atoms with Crippen LogP contribution in [0.5, 0.6) is 0 Å². The molecule has 2 heterocycles. The Morgan fingerprint density at radius 2 is 2.25 bits per heavy atom. The van der Waals surface area contributed by atoms with Crippen LogP contribution in [-0.4, -0.2) is 48.9 Å². The van der Waals surface area contributed by atoms with Crippen LogP contribution >= 0.6 is 0 Å². The first-order chi connectivity index (χ1) is 9.59. The average Bonchev–Trinajstić information content (AvgIpc) is 2.84. The summed E-state index contributed by atoms with van der Waals surface area (Å²) in [6, 6.07) is -0.304. The zero-order chi connectivity index (χ0) is 14.5. The summed E-state index contributed by atoms with van der Waals surface area (Å²) in [5.74, 6) is 0.815. The Hall–Kier alpha value is -1.10. The molecule has 2 N–H and O–H groups in total. The highest BCUT2D eigenvalue weighted by Gasteiger charge is 2.34. The van der Waals surface area contributed by atoms with Crippen molar-refractivity contribution in [1.29, 1.82) is 0 Å². The van der Waals surface area contributed by atoms with Gasteiger partial charge in [-0.25, -0.2) is 0 Å². The fourth-order valence-corrected chi connectivity index (χ4v) is 3.22. The van der Waals surface area contributed by atoms with Crippen molar-refractivity contribution in [2.75, 3.05) is 26.2 Å². The summed E-state index contributed by atoms with van der Waals surface area (Å²) in [6.07, 6.45) is 3.81. The molecule has 0 radical (unpaired) electrons. The molecule has 0 spiro atoms. The molecule has 2 aliphatic heterocycles. The Balaban J connectivity index is 1.88. The maximum absolute atomic E-state index is 12.4. The predicted molar refractivity (Wildman–Crippen MR) is 78.2 cm³/mol. The standard InChI is InChI=1S/C15H27N3O2/c1-11(2)14(18-8-4-6-13(18)19)15(20)17-10-12-5-3-7-16-9-12/h11-12,14,16H,3-10H2,1-2H3,(H,17,20). The second kappa shape index (κ2) is 7.07. The van der Waals surface area contributed by atoms with Crippen LogP contribution in [0.3, 0.4) is 0 Å². The Labute approximate surface area is 121 Å². The zero-order valence-corrected chi connectivity index (χ0v) is 12.7. The molecule has 0 aliphatic carbocycles. The van der Waals surface area contributed by atoms with Crippen LogP contribution in [0.25, 0.3) is 0 Å². The van der Waals surface area contributed by atoms with Gasteiger partial charge in [0.25, 0.3) is 0 Å². The molecule has 5 heteroatoms. The van der Waals surface area contributed by atoms with Crippen LogP contribution in [0.1, 0.15) is 39.5 Å². The van der Waals surface area contributed by atoms with Crippen molar-refractivity contribution in [1.82, 2.24) is 15.5 Å². The van der Waals surface area contributed by atoms with Gasteiger partial charge in [-0.2, -0.15) is 0 Å². The Kier molecular flexibility index (Phi) is 5.40. The van der Waals surface area contributed by atoms with Gasteiger partial charge in [-0.1, -0.05) is 13.8 Å². The molecular weight excluding hydrogens is 254 g/mol. The first-order valence-corrected chi connectivity index (χ1v) is 7.87. The molecule has 5 nitrogen and oxygen atoms in total. The first-order valence-electron chi connectivity index (χ1n) is 7.87. The molecule has 2 amide bonds. The highest BCUT2D eigenvalue weighted by molar-refractivity contribution is 5.88. The van der Waals surface area contributed by atoms with Gasteiger partial charge in [0.15, 0.2) is 0 Å². The summed E-state index contributed by atoms with van der Waals surface area (Å²) in [5.41, 5.74) is 0. The number of piperidine rings is 1. The third-order valence-electron chi connectivity index (χ3n) is 4.31. The molecule has 0 bridgehead atoms. The van der Waals surface area contributed by atoms with Crippen molar-refractivity contribution in [2.24, 2.45) is 11.8 Å². The molecule has 0 aromatic rings. The normalized spacial score (nSPS) is 25.1. The largest absolute Gasteiger partial charge is 0.354 e. The number of hydrogen-bond donors (Lipinski definition) is 2. The summed E-state index contributed by atoms with van der Waals surface area (Å²) < 4.78 is 0. The summed E-state index contributed by atoms with van der Waals surface area (Å²) in [4.78, 5) is 26.1. The summed E-state index contributed by atoms with van der Waals surface area (Å²) in [7, 11) is 0. The van der Waals surface area contributed by atoms with Crippen molar-refractivity contribution < 1.29 is 9.59 Å². The topological polar surface area (TPSA) is 61.4 Å². The van der Waals surface area contributed by atoms with Crippen molar-refractivity contribution in [3.63, 3.8) is 0 Å². The molecule has 2 fully saturated rings. The smallest absolute Gasteiger partial charge is 0.243 e. The van der Waals surface area contributed by atoms with Gasteiger partial charge in [-0.05, 0) is 44.2 Å². The Bertz CT molecular complexity index is 351.